The summed E-state index contributed by atoms with van der Waals surface area (Å²) in [4.78, 5) is 13.0. The van der Waals surface area contributed by atoms with Gasteiger partial charge in [0.2, 0.25) is 5.91 Å². The van der Waals surface area contributed by atoms with E-state index in [0.29, 0.717) is 12.8 Å². The van der Waals surface area contributed by atoms with E-state index in [0.717, 1.165) is 38.5 Å². The highest BCUT2D eigenvalue weighted by molar-refractivity contribution is 5.76. The second-order valence-electron chi connectivity index (χ2n) is 16.2. The van der Waals surface area contributed by atoms with Gasteiger partial charge in [0.1, 0.15) is 24.4 Å². The van der Waals surface area contributed by atoms with Crippen molar-refractivity contribution in [1.82, 2.24) is 5.32 Å². The van der Waals surface area contributed by atoms with Crippen molar-refractivity contribution in [1.29, 1.82) is 0 Å². The van der Waals surface area contributed by atoms with Gasteiger partial charge in [-0.2, -0.15) is 0 Å². The lowest BCUT2D eigenvalue weighted by Crippen LogP contribution is -2.60. The number of rotatable bonds is 38. The topological polar surface area (TPSA) is 149 Å². The molecular weight excluding hydrogens is 670 g/mol. The molecule has 9 heteroatoms. The Labute approximate surface area is 325 Å². The van der Waals surface area contributed by atoms with Crippen molar-refractivity contribution >= 4 is 5.91 Å². The van der Waals surface area contributed by atoms with Gasteiger partial charge in [-0.3, -0.25) is 4.79 Å². The van der Waals surface area contributed by atoms with Crippen molar-refractivity contribution in [3.05, 3.63) is 0 Å². The van der Waals surface area contributed by atoms with Gasteiger partial charge in [-0.25, -0.2) is 0 Å². The summed E-state index contributed by atoms with van der Waals surface area (Å²) in [6.45, 7) is 3.84. The van der Waals surface area contributed by atoms with Crippen LogP contribution in [-0.2, 0) is 14.3 Å². The predicted octanol–water partition coefficient (Wildman–Crippen LogP) is 9.17. The number of nitrogens with one attached hydrogen (secondary N) is 1. The van der Waals surface area contributed by atoms with Gasteiger partial charge in [-0.05, 0) is 12.8 Å². The summed E-state index contributed by atoms with van der Waals surface area (Å²) in [5, 5.41) is 54.3. The van der Waals surface area contributed by atoms with Crippen LogP contribution in [0.4, 0.5) is 0 Å². The Morgan fingerprint density at radius 1 is 0.566 bits per heavy atom. The largest absolute Gasteiger partial charge is 0.394 e. The van der Waals surface area contributed by atoms with Gasteiger partial charge in [0.05, 0.1) is 25.4 Å². The molecule has 1 fully saturated rings. The lowest BCUT2D eigenvalue weighted by molar-refractivity contribution is -0.302. The van der Waals surface area contributed by atoms with Crippen molar-refractivity contribution < 1.29 is 39.8 Å². The zero-order valence-electron chi connectivity index (χ0n) is 34.5. The number of hydrogen-bond acceptors (Lipinski definition) is 8. The summed E-state index contributed by atoms with van der Waals surface area (Å²) in [5.74, 6) is -0.141. The van der Waals surface area contributed by atoms with E-state index in [1.807, 2.05) is 0 Å². The van der Waals surface area contributed by atoms with Gasteiger partial charge in [-0.15, -0.1) is 0 Å². The summed E-state index contributed by atoms with van der Waals surface area (Å²) in [6.07, 6.45) is 31.0. The second-order valence-corrected chi connectivity index (χ2v) is 16.2. The van der Waals surface area contributed by atoms with E-state index in [9.17, 15) is 30.3 Å². The number of amides is 1. The molecular formula is C44H87NO8. The number of ether oxygens (including phenoxy) is 2. The monoisotopic (exact) mass is 758 g/mol. The Kier molecular flexibility index (Phi) is 33.7. The maximum atomic E-state index is 13.0. The van der Waals surface area contributed by atoms with Crippen LogP contribution in [0.5, 0.6) is 0 Å². The summed E-state index contributed by atoms with van der Waals surface area (Å²) < 4.78 is 11.2. The summed E-state index contributed by atoms with van der Waals surface area (Å²) in [6, 6.07) is -0.710. The first-order valence-electron chi connectivity index (χ1n) is 22.7. The molecule has 1 rings (SSSR count). The highest BCUT2D eigenvalue weighted by Gasteiger charge is 2.44. The lowest BCUT2D eigenvalue weighted by atomic mass is 9.99. The van der Waals surface area contributed by atoms with E-state index in [1.54, 1.807) is 0 Å². The zero-order valence-corrected chi connectivity index (χ0v) is 34.5. The molecule has 9 nitrogen and oxygen atoms in total. The maximum absolute atomic E-state index is 13.0. The molecule has 1 amide bonds. The van der Waals surface area contributed by atoms with Crippen molar-refractivity contribution in [2.75, 3.05) is 13.2 Å². The Bertz CT molecular complexity index is 801. The average Bonchev–Trinajstić information content (AvgIpc) is 3.16. The van der Waals surface area contributed by atoms with Gasteiger partial charge >= 0.3 is 0 Å². The van der Waals surface area contributed by atoms with Crippen LogP contribution in [0.1, 0.15) is 219 Å². The fraction of sp³-hybridized carbons (Fsp3) is 0.977. The first-order valence-corrected chi connectivity index (χ1v) is 22.7. The molecule has 53 heavy (non-hydrogen) atoms. The zero-order chi connectivity index (χ0) is 38.8. The van der Waals surface area contributed by atoms with Gasteiger partial charge in [0.25, 0.3) is 0 Å². The number of aliphatic hydroxyl groups excluding tert-OH is 5. The highest BCUT2D eigenvalue weighted by atomic mass is 16.7. The molecule has 0 saturated carbocycles. The van der Waals surface area contributed by atoms with Gasteiger partial charge in [0, 0.05) is 6.42 Å². The normalized spacial score (nSPS) is 21.5. The molecule has 0 aromatic rings. The molecule has 0 spiro atoms. The average molecular weight is 758 g/mol. The number of hydrogen-bond donors (Lipinski definition) is 6. The molecule has 7 atom stereocenters. The maximum Gasteiger partial charge on any atom is 0.220 e. The summed E-state index contributed by atoms with van der Waals surface area (Å²) in [7, 11) is 0. The second kappa shape index (κ2) is 35.6. The van der Waals surface area contributed by atoms with Gasteiger partial charge in [0.15, 0.2) is 6.29 Å². The molecule has 1 aliphatic heterocycles. The van der Waals surface area contributed by atoms with Gasteiger partial charge in [-0.1, -0.05) is 200 Å². The Morgan fingerprint density at radius 2 is 0.943 bits per heavy atom. The fourth-order valence-electron chi connectivity index (χ4n) is 7.51. The first kappa shape index (κ1) is 50.2. The van der Waals surface area contributed by atoms with E-state index in [2.05, 4.69) is 19.2 Å². The van der Waals surface area contributed by atoms with Crippen LogP contribution in [-0.4, -0.2) is 87.5 Å². The third-order valence-electron chi connectivity index (χ3n) is 11.2. The standard InChI is InChI=1S/C44H87NO8/c1-3-5-7-9-11-13-15-17-18-19-20-22-24-26-28-30-32-34-40(48)45-37(36-52-44-43(51)42(50)41(49)39(35-46)53-44)38(47)33-31-29-27-25-23-21-16-14-12-10-8-6-4-2/h37-39,41-44,46-47,49-51H,3-36H2,1-2H3,(H,45,48)/t37-,38+,39-,41-,42?,43?,44-/m0/s1. The fourth-order valence-corrected chi connectivity index (χ4v) is 7.51. The van der Waals surface area contributed by atoms with Crippen molar-refractivity contribution in [2.45, 2.75) is 262 Å². The van der Waals surface area contributed by atoms with Crippen molar-refractivity contribution in [3.63, 3.8) is 0 Å². The quantitative estimate of drug-likeness (QED) is 0.0342. The molecule has 316 valence electrons. The van der Waals surface area contributed by atoms with E-state index in [4.69, 9.17) is 9.47 Å². The van der Waals surface area contributed by atoms with E-state index < -0.39 is 49.5 Å². The number of aliphatic hydroxyl groups is 5. The van der Waals surface area contributed by atoms with Crippen LogP contribution >= 0.6 is 0 Å². The first-order chi connectivity index (χ1) is 25.8. The highest BCUT2D eigenvalue weighted by Crippen LogP contribution is 2.23. The van der Waals surface area contributed by atoms with Crippen LogP contribution in [0.15, 0.2) is 0 Å². The third kappa shape index (κ3) is 26.6. The Morgan fingerprint density at radius 3 is 1.34 bits per heavy atom. The van der Waals surface area contributed by atoms with Crippen LogP contribution in [0, 0.1) is 0 Å². The van der Waals surface area contributed by atoms with E-state index in [1.165, 1.54) is 154 Å². The molecule has 1 aliphatic rings. The molecule has 6 N–H and O–H groups in total. The number of unbranched alkanes of at least 4 members (excludes halogenated alkanes) is 28. The minimum absolute atomic E-state index is 0.132. The molecule has 0 aromatic carbocycles. The van der Waals surface area contributed by atoms with Crippen LogP contribution < -0.4 is 5.32 Å². The Balaban J connectivity index is 2.31. The third-order valence-corrected chi connectivity index (χ3v) is 11.2. The van der Waals surface area contributed by atoms with E-state index >= 15 is 0 Å². The van der Waals surface area contributed by atoms with Crippen LogP contribution in [0.25, 0.3) is 0 Å². The molecule has 0 aromatic heterocycles. The van der Waals surface area contributed by atoms with Crippen molar-refractivity contribution in [2.24, 2.45) is 0 Å². The smallest absolute Gasteiger partial charge is 0.220 e. The molecule has 0 radical (unpaired) electrons. The minimum Gasteiger partial charge on any atom is -0.394 e. The summed E-state index contributed by atoms with van der Waals surface area (Å²) in [5.41, 5.74) is 0. The Hall–Kier alpha value is -0.810. The molecule has 1 saturated heterocycles. The number of carbonyl (C=O) groups is 1. The molecule has 0 aliphatic carbocycles. The molecule has 2 unspecified atom stereocenters. The van der Waals surface area contributed by atoms with Crippen molar-refractivity contribution in [3.8, 4) is 0 Å². The van der Waals surface area contributed by atoms with Gasteiger partial charge < -0.3 is 40.3 Å². The van der Waals surface area contributed by atoms with Crippen LogP contribution in [0.3, 0.4) is 0 Å². The SMILES string of the molecule is CCCCCCCCCCCCCCCCCCCC(=O)N[C@@H](CO[C@H]1O[C@@H](CO)[C@H](O)C(O)C1O)[C@H](O)CCCCCCCCCCCCCCC. The lowest BCUT2D eigenvalue weighted by Gasteiger charge is -2.40. The number of carbonyl (C=O) groups excluding carboxylic acids is 1. The molecule has 1 heterocycles. The van der Waals surface area contributed by atoms with Crippen LogP contribution in [0.2, 0.25) is 0 Å². The van der Waals surface area contributed by atoms with E-state index in [-0.39, 0.29) is 12.5 Å². The predicted molar refractivity (Wildman–Crippen MR) is 217 cm³/mol. The molecule has 0 bridgehead atoms. The summed E-state index contributed by atoms with van der Waals surface area (Å²) >= 11 is 0. The minimum atomic E-state index is -1.55.